The van der Waals surface area contributed by atoms with Gasteiger partial charge in [-0.15, -0.1) is 0 Å². The number of carbonyl (C=O) groups excluding carboxylic acids is 4. The van der Waals surface area contributed by atoms with Gasteiger partial charge in [0, 0.05) is 33.4 Å². The molecule has 238 valence electrons. The first-order chi connectivity index (χ1) is 21.5. The lowest BCUT2D eigenvalue weighted by Gasteiger charge is -2.32. The Morgan fingerprint density at radius 1 is 0.778 bits per heavy atom. The van der Waals surface area contributed by atoms with Crippen LogP contribution in [0.25, 0.3) is 0 Å². The van der Waals surface area contributed by atoms with E-state index in [0.717, 1.165) is 20.9 Å². The number of carbonyl (C=O) groups is 5. The number of aromatic hydroxyl groups is 1. The third-order valence-corrected chi connectivity index (χ3v) is 7.31. The second kappa shape index (κ2) is 16.5. The molecular weight excluding hydrogens is 580 g/mol. The van der Waals surface area contributed by atoms with Crippen LogP contribution >= 0.6 is 0 Å². The Morgan fingerprint density at radius 2 is 1.31 bits per heavy atom. The summed E-state index contributed by atoms with van der Waals surface area (Å²) < 4.78 is 5.42. The molecular formula is C33H38N4O8. The van der Waals surface area contributed by atoms with E-state index in [2.05, 4.69) is 5.32 Å². The molecule has 0 aliphatic rings. The molecule has 0 fully saturated rings. The first kappa shape index (κ1) is 34.1. The topological polar surface area (TPSA) is 180 Å². The van der Waals surface area contributed by atoms with Crippen molar-refractivity contribution in [1.29, 1.82) is 0 Å². The highest BCUT2D eigenvalue weighted by Crippen LogP contribution is 2.17. The Morgan fingerprint density at radius 3 is 1.87 bits per heavy atom. The van der Waals surface area contributed by atoms with Gasteiger partial charge in [-0.05, 0) is 35.2 Å². The molecule has 3 aromatic rings. The molecule has 0 heterocycles. The number of nitrogens with one attached hydrogen (secondary N) is 1. The third-order valence-electron chi connectivity index (χ3n) is 7.31. The van der Waals surface area contributed by atoms with Gasteiger partial charge >= 0.3 is 12.1 Å². The number of benzene rings is 3. The average Bonchev–Trinajstić information content (AvgIpc) is 3.03. The largest absolute Gasteiger partial charge is 0.508 e. The zero-order valence-electron chi connectivity index (χ0n) is 25.2. The monoisotopic (exact) mass is 618 g/mol. The number of phenols is 1. The van der Waals surface area contributed by atoms with Crippen LogP contribution in [0.3, 0.4) is 0 Å². The summed E-state index contributed by atoms with van der Waals surface area (Å²) in [6.45, 7) is -0.0437. The minimum absolute atomic E-state index is 0.0113. The molecule has 12 heteroatoms. The summed E-state index contributed by atoms with van der Waals surface area (Å²) in [5.41, 5.74) is 7.72. The van der Waals surface area contributed by atoms with E-state index in [1.54, 1.807) is 66.7 Å². The number of hydrogen-bond acceptors (Lipinski definition) is 7. The van der Waals surface area contributed by atoms with Crippen molar-refractivity contribution >= 4 is 29.8 Å². The predicted molar refractivity (Wildman–Crippen MR) is 165 cm³/mol. The highest BCUT2D eigenvalue weighted by Gasteiger charge is 2.35. The normalized spacial score (nSPS) is 12.7. The van der Waals surface area contributed by atoms with Crippen molar-refractivity contribution in [1.82, 2.24) is 15.1 Å². The Kier molecular flexibility index (Phi) is 12.5. The van der Waals surface area contributed by atoms with E-state index >= 15 is 0 Å². The molecule has 0 aliphatic carbocycles. The number of nitrogens with zero attached hydrogens (tertiary/aromatic N) is 2. The Hall–Kier alpha value is -5.39. The molecule has 45 heavy (non-hydrogen) atoms. The first-order valence-electron chi connectivity index (χ1n) is 14.3. The van der Waals surface area contributed by atoms with Crippen molar-refractivity contribution in [3.63, 3.8) is 0 Å². The van der Waals surface area contributed by atoms with E-state index in [1.165, 1.54) is 26.2 Å². The maximum absolute atomic E-state index is 13.8. The van der Waals surface area contributed by atoms with Gasteiger partial charge in [-0.2, -0.15) is 0 Å². The minimum Gasteiger partial charge on any atom is -0.508 e. The summed E-state index contributed by atoms with van der Waals surface area (Å²) in [4.78, 5) is 66.6. The fourth-order valence-electron chi connectivity index (χ4n) is 4.67. The van der Waals surface area contributed by atoms with Gasteiger partial charge in [0.05, 0.1) is 0 Å². The van der Waals surface area contributed by atoms with E-state index in [4.69, 9.17) is 10.5 Å². The molecule has 12 nitrogen and oxygen atoms in total. The fraction of sp³-hybridized carbons (Fsp3) is 0.303. The number of aliphatic carboxylic acids is 1. The lowest BCUT2D eigenvalue weighted by molar-refractivity contribution is -0.143. The SMILES string of the molecule is CN(C(=O)OCc1ccccc1)[C@@H](Cc1ccc(O)cc1)C(=O)N[C@@H](CCC(=O)O)C(=O)N(C)[C@@H](Cc1ccccc1)C(N)=O. The molecule has 4 amide bonds. The molecule has 0 bridgehead atoms. The van der Waals surface area contributed by atoms with Crippen molar-refractivity contribution in [3.8, 4) is 5.75 Å². The van der Waals surface area contributed by atoms with Crippen LogP contribution < -0.4 is 11.1 Å². The van der Waals surface area contributed by atoms with Gasteiger partial charge in [-0.25, -0.2) is 4.79 Å². The molecule has 0 aromatic heterocycles. The number of hydrogen-bond donors (Lipinski definition) is 4. The van der Waals surface area contributed by atoms with Gasteiger partial charge in [0.15, 0.2) is 0 Å². The molecule has 3 aromatic carbocycles. The molecule has 0 saturated heterocycles. The first-order valence-corrected chi connectivity index (χ1v) is 14.3. The summed E-state index contributed by atoms with van der Waals surface area (Å²) in [5, 5.41) is 21.7. The summed E-state index contributed by atoms with van der Waals surface area (Å²) in [6, 6.07) is 20.3. The van der Waals surface area contributed by atoms with Gasteiger partial charge in [0.25, 0.3) is 0 Å². The summed E-state index contributed by atoms with van der Waals surface area (Å²) in [6.07, 6.45) is -1.45. The van der Waals surface area contributed by atoms with Crippen LogP contribution in [0.2, 0.25) is 0 Å². The molecule has 0 radical (unpaired) electrons. The highest BCUT2D eigenvalue weighted by molar-refractivity contribution is 5.94. The number of ether oxygens (including phenoxy) is 1. The molecule has 0 saturated carbocycles. The number of carboxylic acid groups (broad SMARTS) is 1. The predicted octanol–water partition coefficient (Wildman–Crippen LogP) is 2.48. The Balaban J connectivity index is 1.85. The maximum Gasteiger partial charge on any atom is 0.410 e. The van der Waals surface area contributed by atoms with Crippen molar-refractivity contribution < 1.29 is 38.9 Å². The maximum atomic E-state index is 13.8. The number of rotatable bonds is 15. The van der Waals surface area contributed by atoms with Crippen LogP contribution in [0, 0.1) is 0 Å². The van der Waals surface area contributed by atoms with Crippen molar-refractivity contribution in [2.45, 2.75) is 50.4 Å². The van der Waals surface area contributed by atoms with Gasteiger partial charge in [-0.1, -0.05) is 72.8 Å². The molecule has 5 N–H and O–H groups in total. The summed E-state index contributed by atoms with van der Waals surface area (Å²) in [7, 11) is 2.74. The van der Waals surface area contributed by atoms with E-state index in [-0.39, 0.29) is 31.6 Å². The van der Waals surface area contributed by atoms with Gasteiger partial charge < -0.3 is 30.9 Å². The second-order valence-corrected chi connectivity index (χ2v) is 10.6. The van der Waals surface area contributed by atoms with Crippen molar-refractivity contribution in [2.24, 2.45) is 5.73 Å². The average molecular weight is 619 g/mol. The van der Waals surface area contributed by atoms with E-state index in [0.29, 0.717) is 5.56 Å². The molecule has 0 aliphatic heterocycles. The highest BCUT2D eigenvalue weighted by atomic mass is 16.6. The Bertz CT molecular complexity index is 1450. The zero-order chi connectivity index (χ0) is 32.9. The van der Waals surface area contributed by atoms with Gasteiger partial charge in [0.2, 0.25) is 17.7 Å². The number of primary amides is 1. The quantitative estimate of drug-likeness (QED) is 0.201. The zero-order valence-corrected chi connectivity index (χ0v) is 25.2. The Labute approximate surface area is 261 Å². The molecule has 0 spiro atoms. The van der Waals surface area contributed by atoms with Crippen molar-refractivity contribution in [2.75, 3.05) is 14.1 Å². The number of likely N-dealkylation sites (N-methyl/N-ethyl adjacent to an activating group) is 2. The number of amides is 4. The van der Waals surface area contributed by atoms with Crippen LogP contribution in [-0.2, 0) is 43.4 Å². The van der Waals surface area contributed by atoms with Crippen molar-refractivity contribution in [3.05, 3.63) is 102 Å². The number of carboxylic acids is 1. The van der Waals surface area contributed by atoms with Gasteiger partial charge in [0.1, 0.15) is 30.5 Å². The summed E-state index contributed by atoms with van der Waals surface area (Å²) >= 11 is 0. The lowest BCUT2D eigenvalue weighted by Crippen LogP contribution is -2.57. The van der Waals surface area contributed by atoms with E-state index < -0.39 is 54.3 Å². The second-order valence-electron chi connectivity index (χ2n) is 10.6. The third kappa shape index (κ3) is 10.4. The molecule has 3 rings (SSSR count). The molecule has 0 unspecified atom stereocenters. The van der Waals surface area contributed by atoms with E-state index in [1.807, 2.05) is 6.07 Å². The standard InChI is InChI=1S/C33H38N4O8/c1-36(27(30(34)41)19-22-9-5-3-6-10-22)32(43)26(17-18-29(39)40)35-31(42)28(20-23-13-15-25(38)16-14-23)37(2)33(44)45-21-24-11-7-4-8-12-24/h3-16,26-28,38H,17-21H2,1-2H3,(H2,34,41)(H,35,42)(H,39,40)/t26-,27-,28-/m0/s1. The van der Waals surface area contributed by atoms with E-state index in [9.17, 15) is 34.2 Å². The summed E-state index contributed by atoms with van der Waals surface area (Å²) in [5.74, 6) is -3.43. The van der Waals surface area contributed by atoms with Crippen LogP contribution in [0.1, 0.15) is 29.5 Å². The van der Waals surface area contributed by atoms with Crippen LogP contribution in [0.4, 0.5) is 4.79 Å². The fourth-order valence-corrected chi connectivity index (χ4v) is 4.67. The van der Waals surface area contributed by atoms with Crippen LogP contribution in [0.15, 0.2) is 84.9 Å². The smallest absolute Gasteiger partial charge is 0.410 e. The van der Waals surface area contributed by atoms with Gasteiger partial charge in [-0.3, -0.25) is 24.1 Å². The number of phenolic OH excluding ortho intramolecular Hbond substituents is 1. The van der Waals surface area contributed by atoms with Crippen LogP contribution in [-0.4, -0.2) is 82.0 Å². The lowest BCUT2D eigenvalue weighted by atomic mass is 10.0. The number of nitrogens with two attached hydrogens (primary N) is 1. The van der Waals surface area contributed by atoms with Crippen LogP contribution in [0.5, 0.6) is 5.75 Å². The minimum atomic E-state index is -1.35. The molecule has 3 atom stereocenters.